The summed E-state index contributed by atoms with van der Waals surface area (Å²) in [7, 11) is 0. The maximum Gasteiger partial charge on any atom is 0.397 e. The number of hydrogen-bond donors (Lipinski definition) is 1. The van der Waals surface area contributed by atoms with Crippen LogP contribution in [0.1, 0.15) is 6.42 Å². The molecule has 1 aromatic carbocycles. The lowest BCUT2D eigenvalue weighted by atomic mass is 10.3. The Bertz CT molecular complexity index is 296. The Labute approximate surface area is 97.6 Å². The van der Waals surface area contributed by atoms with Gasteiger partial charge in [0.25, 0.3) is 0 Å². The normalized spacial score (nSPS) is 11.7. The van der Waals surface area contributed by atoms with Crippen LogP contribution < -0.4 is 0 Å². The minimum Gasteiger partial charge on any atom is -0.508 e. The number of phenols is 1. The van der Waals surface area contributed by atoms with Crippen LogP contribution in [0, 0.1) is 0 Å². The van der Waals surface area contributed by atoms with Gasteiger partial charge in [0.1, 0.15) is 12.2 Å². The van der Waals surface area contributed by atoms with Crippen LogP contribution in [0.15, 0.2) is 24.3 Å². The molecule has 0 aromatic heterocycles. The molecular formula is C9H7ClF6O. The van der Waals surface area contributed by atoms with Gasteiger partial charge in [-0.1, -0.05) is 11.6 Å². The summed E-state index contributed by atoms with van der Waals surface area (Å²) in [6, 6.07) is 6.36. The molecule has 0 radical (unpaired) electrons. The van der Waals surface area contributed by atoms with Crippen molar-refractivity contribution in [2.45, 2.75) is 18.8 Å². The summed E-state index contributed by atoms with van der Waals surface area (Å²) in [6.07, 6.45) is -13.0. The first kappa shape index (κ1) is 15.9. The third-order valence-electron chi connectivity index (χ3n) is 1.23. The number of halogens is 7. The maximum absolute atomic E-state index is 10.8. The Morgan fingerprint density at radius 3 is 1.41 bits per heavy atom. The van der Waals surface area contributed by atoms with E-state index in [1.807, 2.05) is 0 Å². The van der Waals surface area contributed by atoms with Gasteiger partial charge in [-0.25, -0.2) is 0 Å². The molecule has 1 N–H and O–H groups in total. The molecule has 0 heterocycles. The predicted octanol–water partition coefficient (Wildman–Crippen LogP) is 4.55. The Kier molecular flexibility index (Phi) is 5.60. The molecule has 0 saturated heterocycles. The lowest BCUT2D eigenvalue weighted by molar-refractivity contribution is -0.232. The Morgan fingerprint density at radius 2 is 1.24 bits per heavy atom. The second-order valence-electron chi connectivity index (χ2n) is 2.88. The second kappa shape index (κ2) is 6.00. The van der Waals surface area contributed by atoms with Crippen LogP contribution in [0.5, 0.6) is 5.75 Å². The van der Waals surface area contributed by atoms with Crippen LogP contribution in [0.25, 0.3) is 0 Å². The highest BCUT2D eigenvalue weighted by atomic mass is 35.5. The quantitative estimate of drug-likeness (QED) is 0.691. The third kappa shape index (κ3) is 11.2. The molecule has 0 fully saturated rings. The summed E-state index contributed by atoms with van der Waals surface area (Å²) in [5, 5.41) is 9.34. The van der Waals surface area contributed by atoms with Crippen molar-refractivity contribution in [3.05, 3.63) is 29.3 Å². The topological polar surface area (TPSA) is 20.2 Å². The minimum absolute atomic E-state index is 0.245. The lowest BCUT2D eigenvalue weighted by Gasteiger charge is -2.08. The van der Waals surface area contributed by atoms with Gasteiger partial charge < -0.3 is 5.11 Å². The molecule has 98 valence electrons. The summed E-state index contributed by atoms with van der Waals surface area (Å²) in [4.78, 5) is 0. The number of rotatable bonds is 0. The van der Waals surface area contributed by atoms with Crippen molar-refractivity contribution >= 4 is 11.6 Å². The smallest absolute Gasteiger partial charge is 0.397 e. The van der Waals surface area contributed by atoms with Crippen LogP contribution in [-0.2, 0) is 0 Å². The fraction of sp³-hybridized carbons (Fsp3) is 0.333. The molecule has 8 heteroatoms. The van der Waals surface area contributed by atoms with Gasteiger partial charge in [-0.2, -0.15) is 26.3 Å². The molecule has 1 nitrogen and oxygen atoms in total. The van der Waals surface area contributed by atoms with Crippen molar-refractivity contribution in [2.24, 2.45) is 0 Å². The van der Waals surface area contributed by atoms with Crippen molar-refractivity contribution in [1.82, 2.24) is 0 Å². The molecule has 0 aliphatic rings. The number of hydrogen-bond acceptors (Lipinski definition) is 1. The molecule has 1 rings (SSSR count). The Balaban J connectivity index is 0.000000302. The van der Waals surface area contributed by atoms with E-state index in [0.29, 0.717) is 5.02 Å². The molecule has 0 atom stereocenters. The van der Waals surface area contributed by atoms with E-state index in [-0.39, 0.29) is 5.75 Å². The summed E-state index contributed by atoms with van der Waals surface area (Å²) < 4.78 is 65.0. The largest absolute Gasteiger partial charge is 0.508 e. The van der Waals surface area contributed by atoms with Crippen molar-refractivity contribution in [2.75, 3.05) is 0 Å². The highest BCUT2D eigenvalue weighted by Crippen LogP contribution is 2.31. The monoisotopic (exact) mass is 280 g/mol. The molecule has 1 aromatic rings. The second-order valence-corrected chi connectivity index (χ2v) is 3.32. The highest BCUT2D eigenvalue weighted by molar-refractivity contribution is 6.30. The van der Waals surface area contributed by atoms with E-state index < -0.39 is 18.8 Å². The van der Waals surface area contributed by atoms with Gasteiger partial charge >= 0.3 is 12.4 Å². The van der Waals surface area contributed by atoms with Crippen LogP contribution in [0.2, 0.25) is 5.02 Å². The first-order valence-corrected chi connectivity index (χ1v) is 4.45. The zero-order valence-corrected chi connectivity index (χ0v) is 8.87. The van der Waals surface area contributed by atoms with E-state index in [1.54, 1.807) is 24.3 Å². The zero-order chi connectivity index (χ0) is 13.7. The number of benzene rings is 1. The number of aromatic hydroxyl groups is 1. The van der Waals surface area contributed by atoms with E-state index >= 15 is 0 Å². The van der Waals surface area contributed by atoms with Crippen molar-refractivity contribution < 1.29 is 31.4 Å². The molecule has 0 unspecified atom stereocenters. The van der Waals surface area contributed by atoms with Crippen molar-refractivity contribution in [3.8, 4) is 5.75 Å². The fourth-order valence-corrected chi connectivity index (χ4v) is 0.794. The van der Waals surface area contributed by atoms with Gasteiger partial charge in [-0.15, -0.1) is 0 Å². The molecule has 0 amide bonds. The van der Waals surface area contributed by atoms with Crippen LogP contribution in [0.4, 0.5) is 26.3 Å². The SMILES string of the molecule is FC(F)(F)CC(F)(F)F.Oc1ccc(Cl)cc1. The fourth-order valence-electron chi connectivity index (χ4n) is 0.668. The number of phenolic OH excluding ortho intramolecular Hbond substituents is 1. The molecular weight excluding hydrogens is 274 g/mol. The van der Waals surface area contributed by atoms with Crippen LogP contribution >= 0.6 is 11.6 Å². The lowest BCUT2D eigenvalue weighted by Crippen LogP contribution is -2.20. The van der Waals surface area contributed by atoms with Gasteiger partial charge in [-0.3, -0.25) is 0 Å². The molecule has 0 spiro atoms. The summed E-state index contributed by atoms with van der Waals surface area (Å²) in [6.45, 7) is 0. The average molecular weight is 281 g/mol. The Hall–Kier alpha value is -1.11. The zero-order valence-electron chi connectivity index (χ0n) is 8.11. The molecule has 0 saturated carbocycles. The van der Waals surface area contributed by atoms with E-state index in [9.17, 15) is 26.3 Å². The van der Waals surface area contributed by atoms with Gasteiger partial charge in [0.2, 0.25) is 0 Å². The molecule has 0 aliphatic carbocycles. The molecule has 0 bridgehead atoms. The first-order valence-electron chi connectivity index (χ1n) is 4.07. The predicted molar refractivity (Wildman–Crippen MR) is 49.8 cm³/mol. The summed E-state index contributed by atoms with van der Waals surface area (Å²) in [5.41, 5.74) is 0. The van der Waals surface area contributed by atoms with Crippen LogP contribution in [-0.4, -0.2) is 17.5 Å². The number of alkyl halides is 6. The van der Waals surface area contributed by atoms with E-state index in [1.165, 1.54) is 0 Å². The average Bonchev–Trinajstić information content (AvgIpc) is 2.04. The third-order valence-corrected chi connectivity index (χ3v) is 1.48. The van der Waals surface area contributed by atoms with Crippen molar-refractivity contribution in [1.29, 1.82) is 0 Å². The Morgan fingerprint density at radius 1 is 0.882 bits per heavy atom. The van der Waals surface area contributed by atoms with E-state index in [4.69, 9.17) is 16.7 Å². The van der Waals surface area contributed by atoms with E-state index in [2.05, 4.69) is 0 Å². The standard InChI is InChI=1S/C6H5ClO.C3H2F6/c7-5-1-3-6(8)4-2-5;4-2(5,6)1-3(7,8)9/h1-4,8H;1H2. The first-order chi connectivity index (χ1) is 7.49. The summed E-state index contributed by atoms with van der Waals surface area (Å²) in [5.74, 6) is 0.245. The highest BCUT2D eigenvalue weighted by Gasteiger charge is 2.43. The maximum atomic E-state index is 10.8. The van der Waals surface area contributed by atoms with Gasteiger partial charge in [0, 0.05) is 5.02 Å². The van der Waals surface area contributed by atoms with Gasteiger partial charge in [-0.05, 0) is 24.3 Å². The molecule has 17 heavy (non-hydrogen) atoms. The van der Waals surface area contributed by atoms with Gasteiger partial charge in [0.15, 0.2) is 0 Å². The molecule has 0 aliphatic heterocycles. The summed E-state index contributed by atoms with van der Waals surface area (Å²) >= 11 is 5.50. The van der Waals surface area contributed by atoms with Crippen LogP contribution in [0.3, 0.4) is 0 Å². The van der Waals surface area contributed by atoms with Crippen molar-refractivity contribution in [3.63, 3.8) is 0 Å². The minimum atomic E-state index is -5.14. The van der Waals surface area contributed by atoms with Gasteiger partial charge in [0.05, 0.1) is 0 Å². The van der Waals surface area contributed by atoms with E-state index in [0.717, 1.165) is 0 Å².